The minimum absolute atomic E-state index is 0.0432. The van der Waals surface area contributed by atoms with Gasteiger partial charge < -0.3 is 15.3 Å². The molecule has 1 saturated carbocycles. The maximum absolute atomic E-state index is 12.6. The lowest BCUT2D eigenvalue weighted by Crippen LogP contribution is -2.43. The first-order valence-electron chi connectivity index (χ1n) is 10.0. The van der Waals surface area contributed by atoms with Gasteiger partial charge in [0, 0.05) is 31.6 Å². The van der Waals surface area contributed by atoms with E-state index in [2.05, 4.69) is 17.1 Å². The molecule has 0 aromatic heterocycles. The van der Waals surface area contributed by atoms with E-state index in [1.165, 1.54) is 6.42 Å². The summed E-state index contributed by atoms with van der Waals surface area (Å²) in [5.74, 6) is -1.24. The minimum atomic E-state index is -0.736. The van der Waals surface area contributed by atoms with Crippen LogP contribution < -0.4 is 5.32 Å². The van der Waals surface area contributed by atoms with Crippen LogP contribution in [0.4, 0.5) is 0 Å². The molecule has 2 unspecified atom stereocenters. The molecular weight excluding hydrogens is 334 g/mol. The molecule has 26 heavy (non-hydrogen) atoms. The van der Waals surface area contributed by atoms with Crippen LogP contribution in [0.3, 0.4) is 0 Å². The first-order chi connectivity index (χ1) is 12.5. The summed E-state index contributed by atoms with van der Waals surface area (Å²) in [4.78, 5) is 40.2. The summed E-state index contributed by atoms with van der Waals surface area (Å²) in [5, 5.41) is 12.1. The number of likely N-dealkylation sites (N-methyl/N-ethyl adjacent to an activating group) is 1. The number of amides is 2. The van der Waals surface area contributed by atoms with E-state index in [1.54, 1.807) is 0 Å². The van der Waals surface area contributed by atoms with Gasteiger partial charge in [-0.25, -0.2) is 0 Å². The van der Waals surface area contributed by atoms with Gasteiger partial charge in [-0.3, -0.25) is 19.3 Å². The van der Waals surface area contributed by atoms with E-state index in [-0.39, 0.29) is 29.7 Å². The van der Waals surface area contributed by atoms with Crippen LogP contribution in [0, 0.1) is 11.8 Å². The van der Waals surface area contributed by atoms with Gasteiger partial charge >= 0.3 is 5.97 Å². The number of hydrogen-bond acceptors (Lipinski definition) is 4. The van der Waals surface area contributed by atoms with Crippen molar-refractivity contribution in [1.82, 2.24) is 15.1 Å². The van der Waals surface area contributed by atoms with Gasteiger partial charge in [0.15, 0.2) is 0 Å². The monoisotopic (exact) mass is 365 g/mol. The molecule has 0 aromatic carbocycles. The number of rotatable bonds is 6. The Labute approximate surface area is 155 Å². The second-order valence-corrected chi connectivity index (χ2v) is 8.02. The highest BCUT2D eigenvalue weighted by atomic mass is 16.4. The first kappa shape index (κ1) is 19.1. The maximum atomic E-state index is 12.6. The summed E-state index contributed by atoms with van der Waals surface area (Å²) in [5.41, 5.74) is 0. The van der Waals surface area contributed by atoms with Crippen LogP contribution in [-0.2, 0) is 14.4 Å². The maximum Gasteiger partial charge on any atom is 0.306 e. The summed E-state index contributed by atoms with van der Waals surface area (Å²) >= 11 is 0. The van der Waals surface area contributed by atoms with Gasteiger partial charge in [-0.15, -0.1) is 0 Å². The molecule has 2 atom stereocenters. The number of carboxylic acid groups (broad SMARTS) is 1. The SMILES string of the molecule is CCN1CCCC1CN1CC(C(=O)NC2CCC(C(=O)O)CC2)CC1=O. The normalized spacial score (nSPS) is 32.8. The predicted octanol–water partition coefficient (Wildman–Crippen LogP) is 1.08. The second kappa shape index (κ2) is 8.37. The van der Waals surface area contributed by atoms with E-state index < -0.39 is 5.97 Å². The van der Waals surface area contributed by atoms with Gasteiger partial charge in [0.05, 0.1) is 11.8 Å². The Morgan fingerprint density at radius 2 is 1.88 bits per heavy atom. The number of nitrogens with one attached hydrogen (secondary N) is 1. The van der Waals surface area contributed by atoms with Crippen LogP contribution in [-0.4, -0.2) is 71.0 Å². The summed E-state index contributed by atoms with van der Waals surface area (Å²) < 4.78 is 0. The lowest BCUT2D eigenvalue weighted by atomic mass is 9.86. The Morgan fingerprint density at radius 3 is 2.54 bits per heavy atom. The highest BCUT2D eigenvalue weighted by Crippen LogP contribution is 2.26. The topological polar surface area (TPSA) is 89.9 Å². The predicted molar refractivity (Wildman–Crippen MR) is 96.5 cm³/mol. The Morgan fingerprint density at radius 1 is 1.15 bits per heavy atom. The first-order valence-corrected chi connectivity index (χ1v) is 10.0. The average Bonchev–Trinajstić information content (AvgIpc) is 3.22. The summed E-state index contributed by atoms with van der Waals surface area (Å²) in [7, 11) is 0. The molecule has 0 bridgehead atoms. The van der Waals surface area contributed by atoms with Gasteiger partial charge in [0.1, 0.15) is 0 Å². The van der Waals surface area contributed by atoms with Crippen molar-refractivity contribution < 1.29 is 19.5 Å². The van der Waals surface area contributed by atoms with Crippen molar-refractivity contribution in [2.24, 2.45) is 11.8 Å². The fourth-order valence-electron chi connectivity index (χ4n) is 4.70. The van der Waals surface area contributed by atoms with Crippen molar-refractivity contribution in [3.63, 3.8) is 0 Å². The lowest BCUT2D eigenvalue weighted by Gasteiger charge is -2.28. The molecule has 146 valence electrons. The fraction of sp³-hybridized carbons (Fsp3) is 0.842. The van der Waals surface area contributed by atoms with Crippen LogP contribution in [0.5, 0.6) is 0 Å². The summed E-state index contributed by atoms with van der Waals surface area (Å²) in [6.07, 6.45) is 5.26. The molecule has 0 radical (unpaired) electrons. The molecule has 7 heteroatoms. The molecule has 2 aliphatic heterocycles. The fourth-order valence-corrected chi connectivity index (χ4v) is 4.70. The number of carboxylic acids is 1. The smallest absolute Gasteiger partial charge is 0.306 e. The number of hydrogen-bond donors (Lipinski definition) is 2. The van der Waals surface area contributed by atoms with E-state index in [0.29, 0.717) is 44.7 Å². The van der Waals surface area contributed by atoms with Gasteiger partial charge in [-0.1, -0.05) is 6.92 Å². The molecule has 3 fully saturated rings. The Kier molecular flexibility index (Phi) is 6.16. The molecule has 1 aliphatic carbocycles. The largest absolute Gasteiger partial charge is 0.481 e. The molecule has 0 spiro atoms. The van der Waals surface area contributed by atoms with E-state index in [9.17, 15) is 14.4 Å². The molecule has 0 aromatic rings. The molecule has 3 rings (SSSR count). The molecule has 7 nitrogen and oxygen atoms in total. The van der Waals surface area contributed by atoms with Crippen LogP contribution in [0.2, 0.25) is 0 Å². The average molecular weight is 365 g/mol. The number of likely N-dealkylation sites (tertiary alicyclic amines) is 2. The van der Waals surface area contributed by atoms with Crippen molar-refractivity contribution in [2.75, 3.05) is 26.2 Å². The van der Waals surface area contributed by atoms with E-state index in [0.717, 1.165) is 26.1 Å². The number of carbonyl (C=O) groups excluding carboxylic acids is 2. The van der Waals surface area contributed by atoms with Gasteiger partial charge in [-0.2, -0.15) is 0 Å². The van der Waals surface area contributed by atoms with Crippen molar-refractivity contribution in [2.45, 2.75) is 64.0 Å². The highest BCUT2D eigenvalue weighted by molar-refractivity contribution is 5.89. The number of carbonyl (C=O) groups is 3. The second-order valence-electron chi connectivity index (χ2n) is 8.02. The summed E-state index contributed by atoms with van der Waals surface area (Å²) in [6, 6.07) is 0.477. The van der Waals surface area contributed by atoms with Crippen molar-refractivity contribution in [3.05, 3.63) is 0 Å². The third-order valence-corrected chi connectivity index (χ3v) is 6.34. The quantitative estimate of drug-likeness (QED) is 0.735. The Bertz CT molecular complexity index is 545. The zero-order valence-corrected chi connectivity index (χ0v) is 15.7. The van der Waals surface area contributed by atoms with Crippen molar-refractivity contribution >= 4 is 17.8 Å². The van der Waals surface area contributed by atoms with Crippen LogP contribution >= 0.6 is 0 Å². The molecule has 2 heterocycles. The van der Waals surface area contributed by atoms with E-state index >= 15 is 0 Å². The Balaban J connectivity index is 1.46. The Hall–Kier alpha value is -1.63. The molecule has 2 amide bonds. The van der Waals surface area contributed by atoms with Gasteiger partial charge in [-0.05, 0) is 51.6 Å². The third-order valence-electron chi connectivity index (χ3n) is 6.34. The summed E-state index contributed by atoms with van der Waals surface area (Å²) in [6.45, 7) is 5.52. The molecule has 2 N–H and O–H groups in total. The van der Waals surface area contributed by atoms with Crippen molar-refractivity contribution in [3.8, 4) is 0 Å². The zero-order valence-electron chi connectivity index (χ0n) is 15.7. The van der Waals surface area contributed by atoms with Gasteiger partial charge in [0.2, 0.25) is 11.8 Å². The standard InChI is InChI=1S/C19H31N3O4/c1-2-21-9-3-4-16(21)12-22-11-14(10-17(22)23)18(24)20-15-7-5-13(6-8-15)19(25)26/h13-16H,2-12H2,1H3,(H,20,24)(H,25,26). The van der Waals surface area contributed by atoms with Crippen LogP contribution in [0.15, 0.2) is 0 Å². The lowest BCUT2D eigenvalue weighted by molar-refractivity contribution is -0.143. The van der Waals surface area contributed by atoms with Crippen LogP contribution in [0.1, 0.15) is 51.9 Å². The van der Waals surface area contributed by atoms with Gasteiger partial charge in [0.25, 0.3) is 0 Å². The third kappa shape index (κ3) is 4.37. The van der Waals surface area contributed by atoms with E-state index in [4.69, 9.17) is 5.11 Å². The molecular formula is C19H31N3O4. The zero-order chi connectivity index (χ0) is 18.7. The van der Waals surface area contributed by atoms with Crippen LogP contribution in [0.25, 0.3) is 0 Å². The van der Waals surface area contributed by atoms with Crippen molar-refractivity contribution in [1.29, 1.82) is 0 Å². The highest BCUT2D eigenvalue weighted by Gasteiger charge is 2.38. The minimum Gasteiger partial charge on any atom is -0.481 e. The molecule has 2 saturated heterocycles. The number of aliphatic carboxylic acids is 1. The number of nitrogens with zero attached hydrogens (tertiary/aromatic N) is 2. The molecule has 3 aliphatic rings. The van der Waals surface area contributed by atoms with E-state index in [1.807, 2.05) is 4.90 Å².